The van der Waals surface area contributed by atoms with Crippen molar-refractivity contribution < 1.29 is 10.2 Å². The second-order valence-corrected chi connectivity index (χ2v) is 6.78. The average Bonchev–Trinajstić information content (AvgIpc) is 3.13. The maximum Gasteiger partial charge on any atom is 0.332 e. The molecule has 0 amide bonds. The number of rotatable bonds is 4. The van der Waals surface area contributed by atoms with Crippen LogP contribution in [-0.2, 0) is 27.1 Å². The Morgan fingerprint density at radius 3 is 2.34 bits per heavy atom. The van der Waals surface area contributed by atoms with E-state index in [2.05, 4.69) is 4.98 Å². The fourth-order valence-electron chi connectivity index (χ4n) is 3.49. The molecular formula is C19H19N5O5. The zero-order valence-corrected chi connectivity index (χ0v) is 15.9. The van der Waals surface area contributed by atoms with Gasteiger partial charge in [-0.15, -0.1) is 0 Å². The normalized spacial score (nSPS) is 11.6. The summed E-state index contributed by atoms with van der Waals surface area (Å²) in [5, 5.41) is 20.1. The van der Waals surface area contributed by atoms with E-state index in [1.807, 2.05) is 30.3 Å². The summed E-state index contributed by atoms with van der Waals surface area (Å²) in [5.74, 6) is -0.437. The Morgan fingerprint density at radius 1 is 1.00 bits per heavy atom. The molecule has 1 aromatic carbocycles. The summed E-state index contributed by atoms with van der Waals surface area (Å²) < 4.78 is 4.59. The van der Waals surface area contributed by atoms with Crippen molar-refractivity contribution in [2.45, 2.75) is 13.0 Å². The van der Waals surface area contributed by atoms with Gasteiger partial charge in [-0.25, -0.2) is 9.20 Å². The van der Waals surface area contributed by atoms with Crippen molar-refractivity contribution >= 4 is 16.9 Å². The number of hydrogen-bond donors (Lipinski definition) is 2. The fraction of sp³-hybridized carbons (Fsp3) is 0.263. The van der Waals surface area contributed by atoms with Crippen LogP contribution in [0.5, 0.6) is 5.88 Å². The second kappa shape index (κ2) is 6.74. The predicted octanol–water partition coefficient (Wildman–Crippen LogP) is -0.665. The van der Waals surface area contributed by atoms with E-state index in [9.17, 15) is 24.6 Å². The molecule has 0 aliphatic heterocycles. The minimum atomic E-state index is -0.647. The number of aryl methyl sites for hydroxylation is 1. The van der Waals surface area contributed by atoms with Gasteiger partial charge in [-0.05, 0) is 5.56 Å². The third-order valence-electron chi connectivity index (χ3n) is 5.01. The van der Waals surface area contributed by atoms with E-state index in [-0.39, 0.29) is 42.1 Å². The molecule has 0 fully saturated rings. The molecule has 29 heavy (non-hydrogen) atoms. The van der Waals surface area contributed by atoms with Gasteiger partial charge in [0.1, 0.15) is 0 Å². The molecule has 4 rings (SSSR count). The molecule has 10 nitrogen and oxygen atoms in total. The predicted molar refractivity (Wildman–Crippen MR) is 105 cm³/mol. The first-order valence-electron chi connectivity index (χ1n) is 8.94. The molecule has 0 saturated carbocycles. The molecule has 0 bridgehead atoms. The summed E-state index contributed by atoms with van der Waals surface area (Å²) in [6.45, 7) is -0.220. The van der Waals surface area contributed by atoms with E-state index in [1.165, 1.54) is 27.6 Å². The first kappa shape index (κ1) is 18.7. The highest BCUT2D eigenvalue weighted by Gasteiger charge is 2.24. The summed E-state index contributed by atoms with van der Waals surface area (Å²) in [6, 6.07) is 9.17. The molecule has 4 aromatic rings. The number of imidazole rings is 1. The van der Waals surface area contributed by atoms with Gasteiger partial charge in [-0.3, -0.25) is 23.3 Å². The van der Waals surface area contributed by atoms with Crippen molar-refractivity contribution in [2.75, 3.05) is 6.61 Å². The topological polar surface area (TPSA) is 124 Å². The Bertz CT molecular complexity index is 1430. The van der Waals surface area contributed by atoms with Crippen molar-refractivity contribution in [3.8, 4) is 5.88 Å². The number of hydrogen-bond acceptors (Lipinski definition) is 6. The zero-order chi connectivity index (χ0) is 20.9. The van der Waals surface area contributed by atoms with Gasteiger partial charge in [0.2, 0.25) is 11.7 Å². The van der Waals surface area contributed by atoms with Crippen LogP contribution in [0.2, 0.25) is 0 Å². The summed E-state index contributed by atoms with van der Waals surface area (Å²) in [5.41, 5.74) is -0.940. The molecule has 0 unspecified atom stereocenters. The van der Waals surface area contributed by atoms with Crippen LogP contribution < -0.4 is 16.8 Å². The van der Waals surface area contributed by atoms with E-state index in [1.54, 1.807) is 0 Å². The highest BCUT2D eigenvalue weighted by molar-refractivity contribution is 5.76. The lowest BCUT2D eigenvalue weighted by Crippen LogP contribution is -2.37. The molecule has 0 radical (unpaired) electrons. The number of nitrogens with zero attached hydrogens (tertiary/aromatic N) is 5. The van der Waals surface area contributed by atoms with E-state index < -0.39 is 22.7 Å². The van der Waals surface area contributed by atoms with Gasteiger partial charge < -0.3 is 10.2 Å². The molecular weight excluding hydrogens is 378 g/mol. The maximum atomic E-state index is 13.1. The molecule has 150 valence electrons. The standard InChI is InChI=1S/C19H19N5O5/c1-21-14-13(17(28)22(2)19(21)29)24-16(27)12(8-9-25)15(26)23(18(24)20-14)10-11-6-4-3-5-7-11/h3-7,25,27H,8-10H2,1-2H3. The number of benzene rings is 1. The molecule has 3 aromatic heterocycles. The largest absolute Gasteiger partial charge is 0.494 e. The van der Waals surface area contributed by atoms with Crippen LogP contribution in [0, 0.1) is 0 Å². The monoisotopic (exact) mass is 397 g/mol. The third-order valence-corrected chi connectivity index (χ3v) is 5.01. The first-order chi connectivity index (χ1) is 13.9. The fourth-order valence-corrected chi connectivity index (χ4v) is 3.49. The summed E-state index contributed by atoms with van der Waals surface area (Å²) in [7, 11) is 2.79. The minimum Gasteiger partial charge on any atom is -0.494 e. The molecule has 3 heterocycles. The SMILES string of the molecule is Cn1c(=O)c2c(nc3n(Cc4ccccc4)c(=O)c(CCO)c(O)n23)n(C)c1=O. The van der Waals surface area contributed by atoms with Gasteiger partial charge in [-0.2, -0.15) is 4.98 Å². The van der Waals surface area contributed by atoms with Crippen LogP contribution in [0.1, 0.15) is 11.1 Å². The van der Waals surface area contributed by atoms with Crippen LogP contribution in [0.15, 0.2) is 44.7 Å². The molecule has 0 spiro atoms. The average molecular weight is 397 g/mol. The van der Waals surface area contributed by atoms with Gasteiger partial charge in [0.05, 0.1) is 12.1 Å². The third kappa shape index (κ3) is 2.68. The van der Waals surface area contributed by atoms with Gasteiger partial charge in [0.15, 0.2) is 11.2 Å². The van der Waals surface area contributed by atoms with Crippen LogP contribution in [-0.4, -0.2) is 39.9 Å². The molecule has 0 aliphatic rings. The van der Waals surface area contributed by atoms with Crippen molar-refractivity contribution in [3.05, 3.63) is 72.7 Å². The van der Waals surface area contributed by atoms with Crippen molar-refractivity contribution in [2.24, 2.45) is 14.1 Å². The van der Waals surface area contributed by atoms with Gasteiger partial charge in [0, 0.05) is 27.1 Å². The smallest absolute Gasteiger partial charge is 0.332 e. The molecule has 0 saturated heterocycles. The van der Waals surface area contributed by atoms with Crippen LogP contribution >= 0.6 is 0 Å². The molecule has 0 atom stereocenters. The Balaban J connectivity index is 2.21. The van der Waals surface area contributed by atoms with Crippen LogP contribution in [0.4, 0.5) is 0 Å². The molecule has 10 heteroatoms. The van der Waals surface area contributed by atoms with E-state index in [0.29, 0.717) is 0 Å². The van der Waals surface area contributed by atoms with Crippen molar-refractivity contribution in [1.29, 1.82) is 0 Å². The Labute approximate surface area is 163 Å². The maximum absolute atomic E-state index is 13.1. The first-order valence-corrected chi connectivity index (χ1v) is 8.94. The van der Waals surface area contributed by atoms with E-state index in [4.69, 9.17) is 0 Å². The molecule has 2 N–H and O–H groups in total. The number of fused-ring (bicyclic) bond motifs is 3. The number of aromatic nitrogens is 5. The van der Waals surface area contributed by atoms with Gasteiger partial charge in [-0.1, -0.05) is 30.3 Å². The van der Waals surface area contributed by atoms with Gasteiger partial charge in [0.25, 0.3) is 11.1 Å². The summed E-state index contributed by atoms with van der Waals surface area (Å²) >= 11 is 0. The number of aromatic hydroxyl groups is 1. The van der Waals surface area contributed by atoms with E-state index >= 15 is 0 Å². The van der Waals surface area contributed by atoms with Crippen molar-refractivity contribution in [3.63, 3.8) is 0 Å². The lowest BCUT2D eigenvalue weighted by molar-refractivity contribution is 0.295. The lowest BCUT2D eigenvalue weighted by atomic mass is 10.2. The second-order valence-electron chi connectivity index (χ2n) is 6.78. The molecule has 0 aliphatic carbocycles. The Hall–Kier alpha value is -3.66. The Kier molecular flexibility index (Phi) is 4.35. The van der Waals surface area contributed by atoms with Crippen LogP contribution in [0.3, 0.4) is 0 Å². The summed E-state index contributed by atoms with van der Waals surface area (Å²) in [6.07, 6.45) is -0.0961. The highest BCUT2D eigenvalue weighted by Crippen LogP contribution is 2.22. The quantitative estimate of drug-likeness (QED) is 0.471. The van der Waals surface area contributed by atoms with Gasteiger partial charge >= 0.3 is 5.69 Å². The number of aliphatic hydroxyl groups excluding tert-OH is 1. The summed E-state index contributed by atoms with van der Waals surface area (Å²) in [4.78, 5) is 42.5. The lowest BCUT2D eigenvalue weighted by Gasteiger charge is -2.13. The Morgan fingerprint density at radius 2 is 1.69 bits per heavy atom. The zero-order valence-electron chi connectivity index (χ0n) is 15.9. The minimum absolute atomic E-state index is 0.0249. The van der Waals surface area contributed by atoms with E-state index in [0.717, 1.165) is 10.1 Å². The van der Waals surface area contributed by atoms with Crippen LogP contribution in [0.25, 0.3) is 16.9 Å². The highest BCUT2D eigenvalue weighted by atomic mass is 16.3. The number of aliphatic hydroxyl groups is 1. The van der Waals surface area contributed by atoms with Crippen molar-refractivity contribution in [1.82, 2.24) is 23.1 Å².